The summed E-state index contributed by atoms with van der Waals surface area (Å²) in [6.45, 7) is 3.84. The highest BCUT2D eigenvalue weighted by Crippen LogP contribution is 2.28. The summed E-state index contributed by atoms with van der Waals surface area (Å²) in [4.78, 5) is 12.2. The Morgan fingerprint density at radius 1 is 1.36 bits per heavy atom. The van der Waals surface area contributed by atoms with Crippen molar-refractivity contribution in [1.82, 2.24) is 10.6 Å². The maximum atomic E-state index is 12.2. The third-order valence-electron chi connectivity index (χ3n) is 4.05. The van der Waals surface area contributed by atoms with E-state index >= 15 is 0 Å². The summed E-state index contributed by atoms with van der Waals surface area (Å²) in [6.07, 6.45) is 2.82. The monoisotopic (exact) mass is 306 g/mol. The number of amides is 1. The number of carbonyl (C=O) groups is 1. The van der Waals surface area contributed by atoms with E-state index in [1.165, 1.54) is 0 Å². The lowest BCUT2D eigenvalue weighted by molar-refractivity contribution is -0.126. The van der Waals surface area contributed by atoms with Gasteiger partial charge in [-0.1, -0.05) is 6.07 Å². The average Bonchev–Trinajstić information content (AvgIpc) is 2.55. The van der Waals surface area contributed by atoms with Crippen LogP contribution >= 0.6 is 0 Å². The second kappa shape index (κ2) is 8.03. The minimum absolute atomic E-state index is 0.0903. The Kier molecular flexibility index (Phi) is 6.07. The SMILES string of the molecule is COc1ccc(CC(C)NC(=O)C2CCCNC2)cc1OC. The molecule has 1 aliphatic rings. The summed E-state index contributed by atoms with van der Waals surface area (Å²) in [7, 11) is 3.25. The molecular formula is C17H26N2O3. The lowest BCUT2D eigenvalue weighted by Crippen LogP contribution is -2.44. The molecule has 22 heavy (non-hydrogen) atoms. The van der Waals surface area contributed by atoms with Crippen LogP contribution < -0.4 is 20.1 Å². The predicted octanol–water partition coefficient (Wildman–Crippen LogP) is 1.75. The van der Waals surface area contributed by atoms with Crippen molar-refractivity contribution in [3.63, 3.8) is 0 Å². The van der Waals surface area contributed by atoms with Gasteiger partial charge in [-0.25, -0.2) is 0 Å². The zero-order valence-electron chi connectivity index (χ0n) is 13.6. The Balaban J connectivity index is 1.90. The van der Waals surface area contributed by atoms with Gasteiger partial charge in [-0.2, -0.15) is 0 Å². The van der Waals surface area contributed by atoms with Crippen LogP contribution in [0.15, 0.2) is 18.2 Å². The van der Waals surface area contributed by atoms with Crippen LogP contribution in [0.2, 0.25) is 0 Å². The molecule has 2 atom stereocenters. The molecule has 1 fully saturated rings. The van der Waals surface area contributed by atoms with Crippen LogP contribution in [-0.2, 0) is 11.2 Å². The van der Waals surface area contributed by atoms with Crippen LogP contribution in [0, 0.1) is 5.92 Å². The van der Waals surface area contributed by atoms with Gasteiger partial charge in [-0.3, -0.25) is 4.79 Å². The topological polar surface area (TPSA) is 59.6 Å². The molecule has 0 spiro atoms. The lowest BCUT2D eigenvalue weighted by atomic mass is 9.98. The van der Waals surface area contributed by atoms with E-state index in [1.54, 1.807) is 14.2 Å². The number of nitrogens with one attached hydrogen (secondary N) is 2. The molecule has 0 bridgehead atoms. The van der Waals surface area contributed by atoms with Crippen LogP contribution in [0.25, 0.3) is 0 Å². The van der Waals surface area contributed by atoms with Crippen LogP contribution in [0.5, 0.6) is 11.5 Å². The fourth-order valence-corrected chi connectivity index (χ4v) is 2.85. The highest BCUT2D eigenvalue weighted by atomic mass is 16.5. The van der Waals surface area contributed by atoms with Gasteiger partial charge in [0.15, 0.2) is 11.5 Å². The van der Waals surface area contributed by atoms with Crippen molar-refractivity contribution >= 4 is 5.91 Å². The van der Waals surface area contributed by atoms with E-state index in [0.717, 1.165) is 49.4 Å². The van der Waals surface area contributed by atoms with E-state index in [2.05, 4.69) is 10.6 Å². The Hall–Kier alpha value is -1.75. The molecule has 1 heterocycles. The van der Waals surface area contributed by atoms with Gasteiger partial charge < -0.3 is 20.1 Å². The second-order valence-corrected chi connectivity index (χ2v) is 5.85. The van der Waals surface area contributed by atoms with Crippen molar-refractivity contribution in [1.29, 1.82) is 0 Å². The molecule has 2 unspecified atom stereocenters. The first kappa shape index (κ1) is 16.6. The number of benzene rings is 1. The molecule has 1 saturated heterocycles. The van der Waals surface area contributed by atoms with E-state index in [1.807, 2.05) is 25.1 Å². The number of piperidine rings is 1. The van der Waals surface area contributed by atoms with Gasteiger partial charge in [0.05, 0.1) is 20.1 Å². The summed E-state index contributed by atoms with van der Waals surface area (Å²) in [5.74, 6) is 1.69. The molecule has 2 N–H and O–H groups in total. The minimum Gasteiger partial charge on any atom is -0.493 e. The summed E-state index contributed by atoms with van der Waals surface area (Å²) >= 11 is 0. The van der Waals surface area contributed by atoms with Crippen molar-refractivity contribution in [2.45, 2.75) is 32.2 Å². The molecule has 0 aliphatic carbocycles. The van der Waals surface area contributed by atoms with E-state index in [9.17, 15) is 4.79 Å². The molecule has 1 aromatic rings. The summed E-state index contributed by atoms with van der Waals surface area (Å²) < 4.78 is 10.6. The third kappa shape index (κ3) is 4.37. The van der Waals surface area contributed by atoms with Crippen molar-refractivity contribution in [2.75, 3.05) is 27.3 Å². The van der Waals surface area contributed by atoms with E-state index in [-0.39, 0.29) is 17.9 Å². The Morgan fingerprint density at radius 2 is 2.14 bits per heavy atom. The van der Waals surface area contributed by atoms with E-state index in [0.29, 0.717) is 0 Å². The molecular weight excluding hydrogens is 280 g/mol. The number of carbonyl (C=O) groups excluding carboxylic acids is 1. The smallest absolute Gasteiger partial charge is 0.224 e. The summed E-state index contributed by atoms with van der Waals surface area (Å²) in [5.41, 5.74) is 1.12. The van der Waals surface area contributed by atoms with Crippen molar-refractivity contribution in [2.24, 2.45) is 5.92 Å². The highest BCUT2D eigenvalue weighted by molar-refractivity contribution is 5.79. The van der Waals surface area contributed by atoms with E-state index in [4.69, 9.17) is 9.47 Å². The number of methoxy groups -OCH3 is 2. The van der Waals surface area contributed by atoms with Gasteiger partial charge >= 0.3 is 0 Å². The molecule has 1 amide bonds. The Labute approximate surface area is 132 Å². The molecule has 0 aromatic heterocycles. The molecule has 5 heteroatoms. The fourth-order valence-electron chi connectivity index (χ4n) is 2.85. The second-order valence-electron chi connectivity index (χ2n) is 5.85. The zero-order valence-corrected chi connectivity index (χ0v) is 13.6. The van der Waals surface area contributed by atoms with Gasteiger partial charge in [0.1, 0.15) is 0 Å². The molecule has 1 aliphatic heterocycles. The Bertz CT molecular complexity index is 499. The molecule has 0 saturated carbocycles. The first-order chi connectivity index (χ1) is 10.6. The van der Waals surface area contributed by atoms with Crippen LogP contribution in [-0.4, -0.2) is 39.3 Å². The Morgan fingerprint density at radius 3 is 2.77 bits per heavy atom. The van der Waals surface area contributed by atoms with E-state index < -0.39 is 0 Å². The molecule has 0 radical (unpaired) electrons. The number of hydrogen-bond donors (Lipinski definition) is 2. The quantitative estimate of drug-likeness (QED) is 0.840. The van der Waals surface area contributed by atoms with Gasteiger partial charge in [-0.15, -0.1) is 0 Å². The van der Waals surface area contributed by atoms with Crippen molar-refractivity contribution in [3.05, 3.63) is 23.8 Å². The van der Waals surface area contributed by atoms with Gasteiger partial charge in [0.25, 0.3) is 0 Å². The average molecular weight is 306 g/mol. The largest absolute Gasteiger partial charge is 0.493 e. The summed E-state index contributed by atoms with van der Waals surface area (Å²) in [5, 5.41) is 6.39. The zero-order chi connectivity index (χ0) is 15.9. The summed E-state index contributed by atoms with van der Waals surface area (Å²) in [6, 6.07) is 5.95. The van der Waals surface area contributed by atoms with Crippen molar-refractivity contribution < 1.29 is 14.3 Å². The number of ether oxygens (including phenoxy) is 2. The number of hydrogen-bond acceptors (Lipinski definition) is 4. The maximum absolute atomic E-state index is 12.2. The fraction of sp³-hybridized carbons (Fsp3) is 0.588. The first-order valence-electron chi connectivity index (χ1n) is 7.86. The van der Waals surface area contributed by atoms with Crippen LogP contribution in [0.1, 0.15) is 25.3 Å². The normalized spacial score (nSPS) is 19.3. The van der Waals surface area contributed by atoms with Gasteiger partial charge in [0.2, 0.25) is 5.91 Å². The third-order valence-corrected chi connectivity index (χ3v) is 4.05. The predicted molar refractivity (Wildman–Crippen MR) is 86.4 cm³/mol. The lowest BCUT2D eigenvalue weighted by Gasteiger charge is -2.24. The maximum Gasteiger partial charge on any atom is 0.224 e. The minimum atomic E-state index is 0.0903. The highest BCUT2D eigenvalue weighted by Gasteiger charge is 2.22. The number of rotatable bonds is 6. The molecule has 122 valence electrons. The molecule has 2 rings (SSSR count). The van der Waals surface area contributed by atoms with Gasteiger partial charge in [-0.05, 0) is 50.4 Å². The van der Waals surface area contributed by atoms with Crippen LogP contribution in [0.3, 0.4) is 0 Å². The van der Waals surface area contributed by atoms with Gasteiger partial charge in [0, 0.05) is 12.6 Å². The molecule has 5 nitrogen and oxygen atoms in total. The van der Waals surface area contributed by atoms with Crippen LogP contribution in [0.4, 0.5) is 0 Å². The first-order valence-corrected chi connectivity index (χ1v) is 7.86. The van der Waals surface area contributed by atoms with Crippen molar-refractivity contribution in [3.8, 4) is 11.5 Å². The standard InChI is InChI=1S/C17H26N2O3/c1-12(19-17(20)14-5-4-8-18-11-14)9-13-6-7-15(21-2)16(10-13)22-3/h6-7,10,12,14,18H,4-5,8-9,11H2,1-3H3,(H,19,20). The molecule has 1 aromatic carbocycles.